The number of esters is 1. The number of carbonyl (C=O) groups excluding carboxylic acids is 2. The number of carbonyl (C=O) groups is 2. The van der Waals surface area contributed by atoms with Crippen molar-refractivity contribution in [2.75, 3.05) is 32.7 Å². The highest BCUT2D eigenvalue weighted by Gasteiger charge is 2.50. The molecule has 6 heteroatoms. The summed E-state index contributed by atoms with van der Waals surface area (Å²) in [5, 5.41) is 3.10. The zero-order valence-corrected chi connectivity index (χ0v) is 22.4. The molecule has 4 rings (SSSR count). The van der Waals surface area contributed by atoms with Gasteiger partial charge in [-0.1, -0.05) is 74.0 Å². The SMILES string of the molecule is CCCCN(CCCNC(=O)C1=C(C)C(=O)OC12CCN(Cc1ccccc1)CC2)Cc1ccccc1. The van der Waals surface area contributed by atoms with Crippen LogP contribution in [0.3, 0.4) is 0 Å². The third kappa shape index (κ3) is 7.08. The van der Waals surface area contributed by atoms with E-state index in [1.807, 2.05) is 12.1 Å². The molecule has 6 nitrogen and oxygen atoms in total. The monoisotopic (exact) mass is 503 g/mol. The molecule has 2 aromatic rings. The molecule has 198 valence electrons. The van der Waals surface area contributed by atoms with E-state index in [2.05, 4.69) is 70.6 Å². The number of hydrogen-bond acceptors (Lipinski definition) is 5. The number of ether oxygens (including phenoxy) is 1. The highest BCUT2D eigenvalue weighted by molar-refractivity contribution is 6.07. The smallest absolute Gasteiger partial charge is 0.335 e. The number of likely N-dealkylation sites (tertiary alicyclic amines) is 1. The second-order valence-electron chi connectivity index (χ2n) is 10.4. The van der Waals surface area contributed by atoms with Crippen molar-refractivity contribution < 1.29 is 14.3 Å². The van der Waals surface area contributed by atoms with Crippen LogP contribution in [0.4, 0.5) is 0 Å². The predicted molar refractivity (Wildman–Crippen MR) is 147 cm³/mol. The molecule has 2 aromatic carbocycles. The predicted octanol–water partition coefficient (Wildman–Crippen LogP) is 4.70. The summed E-state index contributed by atoms with van der Waals surface area (Å²) in [6.45, 7) is 9.86. The number of benzene rings is 2. The van der Waals surface area contributed by atoms with Gasteiger partial charge in [-0.2, -0.15) is 0 Å². The highest BCUT2D eigenvalue weighted by atomic mass is 16.6. The van der Waals surface area contributed by atoms with Gasteiger partial charge in [0.2, 0.25) is 0 Å². The van der Waals surface area contributed by atoms with Gasteiger partial charge >= 0.3 is 5.97 Å². The maximum atomic E-state index is 13.3. The van der Waals surface area contributed by atoms with E-state index in [-0.39, 0.29) is 11.9 Å². The Hall–Kier alpha value is -2.96. The Kier molecular flexibility index (Phi) is 9.53. The average molecular weight is 504 g/mol. The van der Waals surface area contributed by atoms with Crippen molar-refractivity contribution in [3.05, 3.63) is 82.9 Å². The molecule has 0 aromatic heterocycles. The van der Waals surface area contributed by atoms with Crippen LogP contribution in [-0.2, 0) is 27.4 Å². The summed E-state index contributed by atoms with van der Waals surface area (Å²) >= 11 is 0. The molecule has 1 fully saturated rings. The summed E-state index contributed by atoms with van der Waals surface area (Å²) in [4.78, 5) is 30.7. The minimum Gasteiger partial charge on any atom is -0.450 e. The molecule has 1 spiro atoms. The molecule has 1 N–H and O–H groups in total. The third-order valence-electron chi connectivity index (χ3n) is 7.58. The largest absolute Gasteiger partial charge is 0.450 e. The fourth-order valence-corrected chi connectivity index (χ4v) is 5.48. The fourth-order valence-electron chi connectivity index (χ4n) is 5.48. The minimum absolute atomic E-state index is 0.150. The molecule has 1 amide bonds. The summed E-state index contributed by atoms with van der Waals surface area (Å²) < 4.78 is 5.88. The van der Waals surface area contributed by atoms with Crippen LogP contribution in [0, 0.1) is 0 Å². The second kappa shape index (κ2) is 13.0. The van der Waals surface area contributed by atoms with Crippen LogP contribution in [-0.4, -0.2) is 60.0 Å². The van der Waals surface area contributed by atoms with Crippen LogP contribution in [0.2, 0.25) is 0 Å². The Balaban J connectivity index is 1.30. The van der Waals surface area contributed by atoms with Gasteiger partial charge in [0, 0.05) is 57.7 Å². The van der Waals surface area contributed by atoms with Crippen LogP contribution < -0.4 is 5.32 Å². The van der Waals surface area contributed by atoms with Crippen molar-refractivity contribution in [1.82, 2.24) is 15.1 Å². The van der Waals surface area contributed by atoms with E-state index in [1.165, 1.54) is 11.1 Å². The number of nitrogens with zero attached hydrogens (tertiary/aromatic N) is 2. The van der Waals surface area contributed by atoms with Gasteiger partial charge in [-0.3, -0.25) is 14.6 Å². The molecule has 2 heterocycles. The number of hydrogen-bond donors (Lipinski definition) is 1. The number of rotatable bonds is 12. The van der Waals surface area contributed by atoms with Gasteiger partial charge in [-0.15, -0.1) is 0 Å². The zero-order valence-electron chi connectivity index (χ0n) is 22.4. The van der Waals surface area contributed by atoms with Crippen LogP contribution in [0.1, 0.15) is 57.1 Å². The van der Waals surface area contributed by atoms with Gasteiger partial charge < -0.3 is 10.1 Å². The van der Waals surface area contributed by atoms with Gasteiger partial charge in [-0.25, -0.2) is 4.79 Å². The molecular formula is C31H41N3O3. The van der Waals surface area contributed by atoms with Crippen molar-refractivity contribution in [3.63, 3.8) is 0 Å². The van der Waals surface area contributed by atoms with Gasteiger partial charge in [0.15, 0.2) is 0 Å². The topological polar surface area (TPSA) is 61.9 Å². The molecule has 0 bridgehead atoms. The number of piperidine rings is 1. The number of amides is 1. The Morgan fingerprint density at radius 2 is 1.59 bits per heavy atom. The van der Waals surface area contributed by atoms with Crippen molar-refractivity contribution in [1.29, 1.82) is 0 Å². The minimum atomic E-state index is -0.793. The van der Waals surface area contributed by atoms with Crippen molar-refractivity contribution in [2.45, 2.75) is 64.6 Å². The van der Waals surface area contributed by atoms with Crippen LogP contribution in [0.25, 0.3) is 0 Å². The van der Waals surface area contributed by atoms with E-state index in [0.717, 1.165) is 58.5 Å². The lowest BCUT2D eigenvalue weighted by molar-refractivity contribution is -0.151. The molecule has 0 aliphatic carbocycles. The number of nitrogens with one attached hydrogen (secondary N) is 1. The summed E-state index contributed by atoms with van der Waals surface area (Å²) in [6, 6.07) is 20.9. The normalized spacial score (nSPS) is 17.4. The van der Waals surface area contributed by atoms with Gasteiger partial charge in [-0.05, 0) is 37.4 Å². The summed E-state index contributed by atoms with van der Waals surface area (Å²) in [6.07, 6.45) is 4.48. The molecule has 0 unspecified atom stereocenters. The first-order valence-corrected chi connectivity index (χ1v) is 13.8. The van der Waals surface area contributed by atoms with E-state index < -0.39 is 5.60 Å². The Labute approximate surface area is 221 Å². The van der Waals surface area contributed by atoms with E-state index in [0.29, 0.717) is 30.5 Å². The third-order valence-corrected chi connectivity index (χ3v) is 7.58. The Morgan fingerprint density at radius 3 is 2.24 bits per heavy atom. The average Bonchev–Trinajstić information content (AvgIpc) is 3.16. The summed E-state index contributed by atoms with van der Waals surface area (Å²) in [5.74, 6) is -0.502. The molecule has 0 atom stereocenters. The molecule has 0 saturated carbocycles. The standard InChI is InChI=1S/C31H41N3O3/c1-3-4-19-33(23-26-12-7-5-8-13-26)20-11-18-32-29(35)28-25(2)30(36)37-31(28)16-21-34(22-17-31)24-27-14-9-6-10-15-27/h5-10,12-15H,3-4,11,16-24H2,1-2H3,(H,32,35). The van der Waals surface area contributed by atoms with E-state index in [1.54, 1.807) is 6.92 Å². The molecular weight excluding hydrogens is 462 g/mol. The van der Waals surface area contributed by atoms with Crippen LogP contribution in [0.5, 0.6) is 0 Å². The lowest BCUT2D eigenvalue weighted by atomic mass is 9.82. The zero-order chi connectivity index (χ0) is 26.1. The first-order valence-electron chi connectivity index (χ1n) is 13.8. The van der Waals surface area contributed by atoms with Crippen LogP contribution >= 0.6 is 0 Å². The van der Waals surface area contributed by atoms with Gasteiger partial charge in [0.05, 0.1) is 5.57 Å². The van der Waals surface area contributed by atoms with Gasteiger partial charge in [0.1, 0.15) is 5.60 Å². The highest BCUT2D eigenvalue weighted by Crippen LogP contribution is 2.41. The van der Waals surface area contributed by atoms with E-state index >= 15 is 0 Å². The maximum absolute atomic E-state index is 13.3. The molecule has 1 saturated heterocycles. The first-order chi connectivity index (χ1) is 18.0. The molecule has 2 aliphatic rings. The number of unbranched alkanes of at least 4 members (excludes halogenated alkanes) is 1. The Bertz CT molecular complexity index is 1060. The Morgan fingerprint density at radius 1 is 0.973 bits per heavy atom. The van der Waals surface area contributed by atoms with Crippen molar-refractivity contribution >= 4 is 11.9 Å². The maximum Gasteiger partial charge on any atom is 0.335 e. The van der Waals surface area contributed by atoms with Crippen molar-refractivity contribution in [2.24, 2.45) is 0 Å². The fraction of sp³-hybridized carbons (Fsp3) is 0.484. The van der Waals surface area contributed by atoms with Gasteiger partial charge in [0.25, 0.3) is 5.91 Å². The molecule has 2 aliphatic heterocycles. The second-order valence-corrected chi connectivity index (χ2v) is 10.4. The molecule has 37 heavy (non-hydrogen) atoms. The molecule has 0 radical (unpaired) electrons. The lowest BCUT2D eigenvalue weighted by Crippen LogP contribution is -2.48. The van der Waals surface area contributed by atoms with E-state index in [9.17, 15) is 9.59 Å². The van der Waals surface area contributed by atoms with E-state index in [4.69, 9.17) is 4.74 Å². The first kappa shape index (κ1) is 27.1. The van der Waals surface area contributed by atoms with Crippen LogP contribution in [0.15, 0.2) is 71.8 Å². The summed E-state index contributed by atoms with van der Waals surface area (Å²) in [5.41, 5.74) is 2.79. The summed E-state index contributed by atoms with van der Waals surface area (Å²) in [7, 11) is 0. The lowest BCUT2D eigenvalue weighted by Gasteiger charge is -2.39. The quantitative estimate of drug-likeness (QED) is 0.336. The van der Waals surface area contributed by atoms with Crippen molar-refractivity contribution in [3.8, 4) is 0 Å².